The Kier molecular flexibility index (Phi) is 1.33. The Bertz CT molecular complexity index is 387. The highest BCUT2D eigenvalue weighted by atomic mass is 32.2. The van der Waals surface area contributed by atoms with Gasteiger partial charge in [-0.1, -0.05) is 13.8 Å². The van der Waals surface area contributed by atoms with E-state index in [9.17, 15) is 9.47 Å². The van der Waals surface area contributed by atoms with Crippen molar-refractivity contribution >= 4 is 10.8 Å². The average Bonchev–Trinajstić information content (AvgIpc) is 2.56. The maximum Gasteiger partial charge on any atom is 0.138 e. The van der Waals surface area contributed by atoms with E-state index in [1.165, 1.54) is 6.42 Å². The number of nitriles is 1. The second-order valence-electron chi connectivity index (χ2n) is 5.62. The van der Waals surface area contributed by atoms with Crippen LogP contribution in [0.5, 0.6) is 0 Å². The molecule has 0 radical (unpaired) electrons. The van der Waals surface area contributed by atoms with Crippen LogP contribution in [-0.2, 0) is 10.8 Å². The fraction of sp³-hybridized carbons (Fsp3) is 0.909. The molecule has 3 aliphatic rings. The van der Waals surface area contributed by atoms with Gasteiger partial charge in [-0.2, -0.15) is 5.26 Å². The van der Waals surface area contributed by atoms with Crippen molar-refractivity contribution in [3.05, 3.63) is 0 Å². The first kappa shape index (κ1) is 8.91. The van der Waals surface area contributed by atoms with Gasteiger partial charge < -0.3 is 0 Å². The average molecular weight is 209 g/mol. The molecule has 1 heterocycles. The first-order chi connectivity index (χ1) is 6.50. The largest absolute Gasteiger partial charge is 0.258 e. The standard InChI is InChI=1S/C11H15NOS/c1-9-7-14(13)11(6-12)5-8(9)3-4-10(9,11)2/h8H,3-5,7H2,1-2H3/t8-,9-,10+,11-,14-/m1/s1. The smallest absolute Gasteiger partial charge is 0.138 e. The van der Waals surface area contributed by atoms with Crippen molar-refractivity contribution in [3.8, 4) is 6.07 Å². The molecular weight excluding hydrogens is 194 g/mol. The van der Waals surface area contributed by atoms with Crippen LogP contribution >= 0.6 is 0 Å². The predicted octanol–water partition coefficient (Wildman–Crippen LogP) is 1.84. The minimum atomic E-state index is -0.909. The highest BCUT2D eigenvalue weighted by Crippen LogP contribution is 2.75. The molecule has 0 aromatic rings. The summed E-state index contributed by atoms with van der Waals surface area (Å²) in [4.78, 5) is 0. The van der Waals surface area contributed by atoms with Crippen LogP contribution in [0.3, 0.4) is 0 Å². The Morgan fingerprint density at radius 2 is 2.21 bits per heavy atom. The van der Waals surface area contributed by atoms with Gasteiger partial charge in [-0.3, -0.25) is 4.21 Å². The molecule has 5 atom stereocenters. The topological polar surface area (TPSA) is 40.9 Å². The van der Waals surface area contributed by atoms with Crippen LogP contribution in [-0.4, -0.2) is 14.7 Å². The van der Waals surface area contributed by atoms with Gasteiger partial charge in [-0.05, 0) is 30.6 Å². The van der Waals surface area contributed by atoms with E-state index in [1.807, 2.05) is 0 Å². The Morgan fingerprint density at radius 1 is 1.50 bits per heavy atom. The van der Waals surface area contributed by atoms with E-state index in [0.29, 0.717) is 5.92 Å². The molecule has 2 nitrogen and oxygen atoms in total. The van der Waals surface area contributed by atoms with Crippen LogP contribution in [0.4, 0.5) is 0 Å². The minimum Gasteiger partial charge on any atom is -0.258 e. The SMILES string of the molecule is C[C@@]12CC[C@@H]3C[C@]1(C#N)[S@](=O)C[C@]32C. The Morgan fingerprint density at radius 3 is 2.71 bits per heavy atom. The van der Waals surface area contributed by atoms with E-state index < -0.39 is 15.5 Å². The fourth-order valence-corrected chi connectivity index (χ4v) is 6.99. The zero-order valence-corrected chi connectivity index (χ0v) is 9.49. The molecule has 14 heavy (non-hydrogen) atoms. The van der Waals surface area contributed by atoms with Gasteiger partial charge in [-0.15, -0.1) is 0 Å². The Balaban J connectivity index is 2.28. The van der Waals surface area contributed by atoms with Gasteiger partial charge in [0.1, 0.15) is 4.75 Å². The molecule has 0 aromatic carbocycles. The van der Waals surface area contributed by atoms with Crippen molar-refractivity contribution in [2.75, 3.05) is 5.75 Å². The normalized spacial score (nSPS) is 64.4. The molecule has 2 aliphatic carbocycles. The van der Waals surface area contributed by atoms with Crippen molar-refractivity contribution in [1.82, 2.24) is 0 Å². The van der Waals surface area contributed by atoms with Crippen molar-refractivity contribution in [2.24, 2.45) is 16.7 Å². The van der Waals surface area contributed by atoms with Crippen molar-refractivity contribution in [2.45, 2.75) is 37.9 Å². The van der Waals surface area contributed by atoms with E-state index in [2.05, 4.69) is 19.9 Å². The first-order valence-electron chi connectivity index (χ1n) is 5.30. The third kappa shape index (κ3) is 0.557. The van der Waals surface area contributed by atoms with Gasteiger partial charge >= 0.3 is 0 Å². The van der Waals surface area contributed by atoms with Crippen molar-refractivity contribution in [1.29, 1.82) is 5.26 Å². The molecule has 1 aliphatic heterocycles. The lowest BCUT2D eigenvalue weighted by Gasteiger charge is -2.36. The highest BCUT2D eigenvalue weighted by Gasteiger charge is 2.78. The molecule has 0 amide bonds. The maximum absolute atomic E-state index is 12.1. The third-order valence-electron chi connectivity index (χ3n) is 5.58. The van der Waals surface area contributed by atoms with Gasteiger partial charge in [0, 0.05) is 22.0 Å². The van der Waals surface area contributed by atoms with Gasteiger partial charge in [0.25, 0.3) is 0 Å². The molecule has 2 saturated carbocycles. The zero-order valence-electron chi connectivity index (χ0n) is 8.67. The molecule has 3 rings (SSSR count). The van der Waals surface area contributed by atoms with E-state index in [4.69, 9.17) is 0 Å². The molecule has 1 saturated heterocycles. The summed E-state index contributed by atoms with van der Waals surface area (Å²) in [5.41, 5.74) is 0.220. The maximum atomic E-state index is 12.1. The summed E-state index contributed by atoms with van der Waals surface area (Å²) in [6.07, 6.45) is 3.24. The number of hydrogen-bond donors (Lipinski definition) is 0. The summed E-state index contributed by atoms with van der Waals surface area (Å²) in [6, 6.07) is 2.42. The molecule has 0 unspecified atom stereocenters. The highest BCUT2D eigenvalue weighted by molar-refractivity contribution is 7.87. The van der Waals surface area contributed by atoms with Crippen LogP contribution in [0, 0.1) is 28.1 Å². The molecule has 76 valence electrons. The van der Waals surface area contributed by atoms with Gasteiger partial charge in [0.2, 0.25) is 0 Å². The lowest BCUT2D eigenvalue weighted by Crippen LogP contribution is -2.42. The van der Waals surface area contributed by atoms with Crippen molar-refractivity contribution in [3.63, 3.8) is 0 Å². The molecule has 3 fully saturated rings. The van der Waals surface area contributed by atoms with E-state index in [0.717, 1.165) is 18.6 Å². The van der Waals surface area contributed by atoms with Crippen LogP contribution in [0.2, 0.25) is 0 Å². The molecule has 3 heteroatoms. The summed E-state index contributed by atoms with van der Waals surface area (Å²) in [5.74, 6) is 1.42. The van der Waals surface area contributed by atoms with Crippen LogP contribution in [0.1, 0.15) is 33.1 Å². The van der Waals surface area contributed by atoms with Gasteiger partial charge in [-0.25, -0.2) is 0 Å². The van der Waals surface area contributed by atoms with Crippen LogP contribution in [0.15, 0.2) is 0 Å². The lowest BCUT2D eigenvalue weighted by atomic mass is 9.67. The fourth-order valence-electron chi connectivity index (χ4n) is 4.32. The van der Waals surface area contributed by atoms with Gasteiger partial charge in [0.05, 0.1) is 6.07 Å². The summed E-state index contributed by atoms with van der Waals surface area (Å²) >= 11 is 0. The number of nitrogens with zero attached hydrogens (tertiary/aromatic N) is 1. The van der Waals surface area contributed by atoms with E-state index >= 15 is 0 Å². The monoisotopic (exact) mass is 209 g/mol. The third-order valence-corrected chi connectivity index (χ3v) is 7.93. The summed E-state index contributed by atoms with van der Waals surface area (Å²) in [7, 11) is -0.909. The van der Waals surface area contributed by atoms with Crippen molar-refractivity contribution < 1.29 is 4.21 Å². The van der Waals surface area contributed by atoms with E-state index in [1.54, 1.807) is 0 Å². The summed E-state index contributed by atoms with van der Waals surface area (Å²) < 4.78 is 11.6. The van der Waals surface area contributed by atoms with E-state index in [-0.39, 0.29) is 10.8 Å². The summed E-state index contributed by atoms with van der Waals surface area (Å²) in [6.45, 7) is 4.46. The second-order valence-corrected chi connectivity index (χ2v) is 7.29. The van der Waals surface area contributed by atoms with Crippen LogP contribution < -0.4 is 0 Å². The lowest BCUT2D eigenvalue weighted by molar-refractivity contribution is 0.162. The second kappa shape index (κ2) is 2.09. The Labute approximate surface area is 87.1 Å². The predicted molar refractivity (Wildman–Crippen MR) is 54.9 cm³/mol. The quantitative estimate of drug-likeness (QED) is 0.611. The molecule has 4 bridgehead atoms. The molecule has 0 aromatic heterocycles. The van der Waals surface area contributed by atoms with Gasteiger partial charge in [0.15, 0.2) is 0 Å². The molecule has 0 spiro atoms. The molecule has 0 N–H and O–H groups in total. The van der Waals surface area contributed by atoms with Crippen LogP contribution in [0.25, 0.3) is 0 Å². The Hall–Kier alpha value is -0.360. The molecular formula is C11H15NOS. The number of rotatable bonds is 0. The minimum absolute atomic E-state index is 0.0320. The number of hydrogen-bond acceptors (Lipinski definition) is 2. The first-order valence-corrected chi connectivity index (χ1v) is 6.62. The summed E-state index contributed by atoms with van der Waals surface area (Å²) in [5, 5.41) is 9.37. The zero-order chi connectivity index (χ0) is 10.2.